The van der Waals surface area contributed by atoms with Crippen LogP contribution in [-0.4, -0.2) is 30.1 Å². The van der Waals surface area contributed by atoms with E-state index in [1.807, 2.05) is 0 Å². The Labute approximate surface area is 117 Å². The van der Waals surface area contributed by atoms with Gasteiger partial charge in [0.05, 0.1) is 0 Å². The molecule has 1 aromatic carbocycles. The van der Waals surface area contributed by atoms with E-state index in [0.717, 1.165) is 24.9 Å². The van der Waals surface area contributed by atoms with Gasteiger partial charge in [-0.1, -0.05) is 36.8 Å². The van der Waals surface area contributed by atoms with Gasteiger partial charge in [0.1, 0.15) is 0 Å². The Morgan fingerprint density at radius 3 is 2.42 bits per heavy atom. The summed E-state index contributed by atoms with van der Waals surface area (Å²) in [5, 5.41) is 0. The summed E-state index contributed by atoms with van der Waals surface area (Å²) in [7, 11) is 0. The minimum atomic E-state index is 0.341. The molecule has 4 unspecified atom stereocenters. The van der Waals surface area contributed by atoms with E-state index >= 15 is 0 Å². The highest BCUT2D eigenvalue weighted by Crippen LogP contribution is 2.36. The van der Waals surface area contributed by atoms with E-state index in [1.54, 1.807) is 0 Å². The largest absolute Gasteiger partial charge is 0.327 e. The van der Waals surface area contributed by atoms with Crippen LogP contribution in [0.2, 0.25) is 0 Å². The van der Waals surface area contributed by atoms with Crippen LogP contribution in [0.1, 0.15) is 43.2 Å². The van der Waals surface area contributed by atoms with E-state index in [0.29, 0.717) is 12.0 Å². The molecule has 1 saturated heterocycles. The van der Waals surface area contributed by atoms with Gasteiger partial charge in [-0.15, -0.1) is 0 Å². The molecule has 19 heavy (non-hydrogen) atoms. The summed E-state index contributed by atoms with van der Waals surface area (Å²) in [5.74, 6) is 1.49. The van der Waals surface area contributed by atoms with Gasteiger partial charge < -0.3 is 5.73 Å². The fourth-order valence-electron chi connectivity index (χ4n) is 3.72. The summed E-state index contributed by atoms with van der Waals surface area (Å²) < 4.78 is 0. The summed E-state index contributed by atoms with van der Waals surface area (Å²) in [6.45, 7) is 6.83. The summed E-state index contributed by atoms with van der Waals surface area (Å²) in [6.07, 6.45) is 3.90. The molecule has 2 heteroatoms. The van der Waals surface area contributed by atoms with Crippen molar-refractivity contribution in [1.29, 1.82) is 0 Å². The highest BCUT2D eigenvalue weighted by molar-refractivity contribution is 5.25. The number of benzene rings is 1. The normalized spacial score (nSPS) is 35.9. The zero-order valence-electron chi connectivity index (χ0n) is 12.2. The molecule has 0 spiro atoms. The Bertz CT molecular complexity index is 425. The van der Waals surface area contributed by atoms with Crippen LogP contribution >= 0.6 is 0 Å². The van der Waals surface area contributed by atoms with E-state index in [9.17, 15) is 0 Å². The van der Waals surface area contributed by atoms with Crippen molar-refractivity contribution in [2.75, 3.05) is 13.1 Å². The van der Waals surface area contributed by atoms with Crippen LogP contribution in [0, 0.1) is 12.8 Å². The molecule has 2 aliphatic rings. The molecule has 2 nitrogen and oxygen atoms in total. The predicted molar refractivity (Wildman–Crippen MR) is 80.3 cm³/mol. The van der Waals surface area contributed by atoms with Crippen LogP contribution in [0.5, 0.6) is 0 Å². The number of likely N-dealkylation sites (tertiary alicyclic amines) is 1. The second kappa shape index (κ2) is 5.26. The molecular weight excluding hydrogens is 232 g/mol. The number of aryl methyl sites for hydroxylation is 1. The molecule has 0 aromatic heterocycles. The van der Waals surface area contributed by atoms with Crippen molar-refractivity contribution in [3.63, 3.8) is 0 Å². The lowest BCUT2D eigenvalue weighted by Crippen LogP contribution is -2.55. The summed E-state index contributed by atoms with van der Waals surface area (Å²) in [4.78, 5) is 2.66. The molecule has 0 bridgehead atoms. The second-order valence-electron chi connectivity index (χ2n) is 6.68. The topological polar surface area (TPSA) is 29.3 Å². The molecule has 1 aliphatic carbocycles. The van der Waals surface area contributed by atoms with Gasteiger partial charge in [0, 0.05) is 25.2 Å². The molecule has 4 atom stereocenters. The molecule has 0 radical (unpaired) electrons. The van der Waals surface area contributed by atoms with Crippen LogP contribution in [0.25, 0.3) is 0 Å². The number of hydrogen-bond acceptors (Lipinski definition) is 2. The number of rotatable bonds is 2. The third kappa shape index (κ3) is 2.70. The average molecular weight is 258 g/mol. The van der Waals surface area contributed by atoms with Crippen molar-refractivity contribution >= 4 is 0 Å². The van der Waals surface area contributed by atoms with E-state index in [2.05, 4.69) is 43.0 Å². The third-order valence-corrected chi connectivity index (χ3v) is 5.10. The van der Waals surface area contributed by atoms with Crippen LogP contribution in [0.3, 0.4) is 0 Å². The Morgan fingerprint density at radius 2 is 1.84 bits per heavy atom. The van der Waals surface area contributed by atoms with Crippen LogP contribution in [0.15, 0.2) is 24.3 Å². The van der Waals surface area contributed by atoms with Crippen molar-refractivity contribution < 1.29 is 0 Å². The van der Waals surface area contributed by atoms with Crippen molar-refractivity contribution in [2.45, 2.75) is 51.1 Å². The first kappa shape index (κ1) is 13.1. The number of piperidine rings is 1. The average Bonchev–Trinajstić information content (AvgIpc) is 2.37. The molecule has 3 rings (SSSR count). The second-order valence-corrected chi connectivity index (χ2v) is 6.68. The molecule has 104 valence electrons. The highest BCUT2D eigenvalue weighted by Gasteiger charge is 2.36. The molecular formula is C17H26N2. The van der Waals surface area contributed by atoms with Crippen LogP contribution in [-0.2, 0) is 0 Å². The van der Waals surface area contributed by atoms with Crippen molar-refractivity contribution in [3.8, 4) is 0 Å². The smallest absolute Gasteiger partial charge is 0.0174 e. The number of hydrogen-bond donors (Lipinski definition) is 1. The quantitative estimate of drug-likeness (QED) is 0.884. The zero-order chi connectivity index (χ0) is 13.4. The predicted octanol–water partition coefficient (Wildman–Crippen LogP) is 2.91. The number of nitrogens with zero attached hydrogens (tertiary/aromatic N) is 1. The molecule has 1 heterocycles. The molecule has 1 aliphatic heterocycles. The fraction of sp³-hybridized carbons (Fsp3) is 0.647. The highest BCUT2D eigenvalue weighted by atomic mass is 15.2. The first-order valence-electron chi connectivity index (χ1n) is 7.69. The monoisotopic (exact) mass is 258 g/mol. The molecule has 1 saturated carbocycles. The summed E-state index contributed by atoms with van der Waals surface area (Å²) in [6, 6.07) is 10.2. The molecule has 2 N–H and O–H groups in total. The minimum absolute atomic E-state index is 0.341. The Morgan fingerprint density at radius 1 is 1.11 bits per heavy atom. The van der Waals surface area contributed by atoms with E-state index in [-0.39, 0.29) is 0 Å². The first-order chi connectivity index (χ1) is 9.13. The summed E-state index contributed by atoms with van der Waals surface area (Å²) >= 11 is 0. The van der Waals surface area contributed by atoms with Crippen LogP contribution in [0.4, 0.5) is 0 Å². The zero-order valence-corrected chi connectivity index (χ0v) is 12.2. The van der Waals surface area contributed by atoms with Crippen LogP contribution < -0.4 is 5.73 Å². The Hall–Kier alpha value is -0.860. The summed E-state index contributed by atoms with van der Waals surface area (Å²) in [5.41, 5.74) is 9.11. The molecule has 1 aromatic rings. The fourth-order valence-corrected chi connectivity index (χ4v) is 3.72. The third-order valence-electron chi connectivity index (χ3n) is 5.10. The lowest BCUT2D eigenvalue weighted by molar-refractivity contribution is 0.0419. The maximum atomic E-state index is 6.30. The lowest BCUT2D eigenvalue weighted by atomic mass is 9.77. The Balaban J connectivity index is 1.73. The molecule has 2 fully saturated rings. The van der Waals surface area contributed by atoms with Gasteiger partial charge in [-0.3, -0.25) is 4.90 Å². The van der Waals surface area contributed by atoms with Gasteiger partial charge in [0.25, 0.3) is 0 Å². The number of nitrogens with two attached hydrogens (primary N) is 1. The van der Waals surface area contributed by atoms with Gasteiger partial charge in [0.15, 0.2) is 0 Å². The Kier molecular flexibility index (Phi) is 3.64. The first-order valence-corrected chi connectivity index (χ1v) is 7.69. The maximum absolute atomic E-state index is 6.30. The van der Waals surface area contributed by atoms with E-state index in [4.69, 9.17) is 5.73 Å². The van der Waals surface area contributed by atoms with Crippen molar-refractivity contribution in [1.82, 2.24) is 4.90 Å². The minimum Gasteiger partial charge on any atom is -0.327 e. The van der Waals surface area contributed by atoms with Crippen molar-refractivity contribution in [3.05, 3.63) is 35.4 Å². The van der Waals surface area contributed by atoms with E-state index < -0.39 is 0 Å². The lowest BCUT2D eigenvalue weighted by Gasteiger charge is -2.48. The van der Waals surface area contributed by atoms with Gasteiger partial charge in [-0.2, -0.15) is 0 Å². The van der Waals surface area contributed by atoms with Gasteiger partial charge >= 0.3 is 0 Å². The maximum Gasteiger partial charge on any atom is 0.0174 e. The molecule has 0 amide bonds. The van der Waals surface area contributed by atoms with Crippen molar-refractivity contribution in [2.24, 2.45) is 11.7 Å². The van der Waals surface area contributed by atoms with Gasteiger partial charge in [-0.05, 0) is 43.6 Å². The van der Waals surface area contributed by atoms with Gasteiger partial charge in [-0.25, -0.2) is 0 Å². The van der Waals surface area contributed by atoms with Gasteiger partial charge in [0.2, 0.25) is 0 Å². The standard InChI is InChI=1S/C17H26N2/c1-12-3-6-14(7-4-12)15-9-16(18)11-19(10-15)17-8-5-13(17)2/h3-4,6-7,13,15-17H,5,8-11,18H2,1-2H3. The van der Waals surface area contributed by atoms with E-state index in [1.165, 1.54) is 30.5 Å². The SMILES string of the molecule is Cc1ccc(C2CC(N)CN(C3CCC3C)C2)cc1.